The van der Waals surface area contributed by atoms with Crippen LogP contribution in [-0.2, 0) is 0 Å². The van der Waals surface area contributed by atoms with Crippen molar-refractivity contribution in [1.29, 1.82) is 0 Å². The quantitative estimate of drug-likeness (QED) is 0.693. The van der Waals surface area contributed by atoms with Gasteiger partial charge < -0.3 is 4.90 Å². The maximum atomic E-state index is 4.65. The molecule has 1 aliphatic carbocycles. The van der Waals surface area contributed by atoms with Gasteiger partial charge in [0.05, 0.1) is 11.6 Å². The molecule has 2 rings (SSSR count). The van der Waals surface area contributed by atoms with E-state index in [1.165, 1.54) is 5.57 Å². The van der Waals surface area contributed by atoms with Crippen LogP contribution in [0.5, 0.6) is 0 Å². The number of hydrogen-bond acceptors (Lipinski definition) is 3. The van der Waals surface area contributed by atoms with E-state index in [1.807, 2.05) is 5.55 Å². The lowest BCUT2D eigenvalue weighted by molar-refractivity contribution is 0.343. The lowest BCUT2D eigenvalue weighted by Crippen LogP contribution is -2.32. The van der Waals surface area contributed by atoms with Crippen LogP contribution in [0.4, 0.5) is 0 Å². The van der Waals surface area contributed by atoms with Crippen LogP contribution >= 0.6 is 11.8 Å². The van der Waals surface area contributed by atoms with Crippen LogP contribution < -0.4 is 0 Å². The Balaban J connectivity index is 2.11. The molecule has 1 atom stereocenters. The molecule has 0 spiro atoms. The Labute approximate surface area is 102 Å². The van der Waals surface area contributed by atoms with Crippen molar-refractivity contribution < 1.29 is 0 Å². The van der Waals surface area contributed by atoms with Crippen molar-refractivity contribution in [2.24, 2.45) is 4.99 Å². The Bertz CT molecular complexity index is 342. The van der Waals surface area contributed by atoms with Crippen molar-refractivity contribution in [1.82, 2.24) is 4.90 Å². The van der Waals surface area contributed by atoms with Crippen molar-refractivity contribution in [2.45, 2.75) is 12.5 Å². The van der Waals surface area contributed by atoms with Gasteiger partial charge >= 0.3 is 0 Å². The van der Waals surface area contributed by atoms with Crippen molar-refractivity contribution in [3.8, 4) is 0 Å². The number of hydrogen-bond donors (Lipinski definition) is 0. The summed E-state index contributed by atoms with van der Waals surface area (Å²) in [5.74, 6) is 1.14. The van der Waals surface area contributed by atoms with Crippen LogP contribution in [-0.4, -0.2) is 42.4 Å². The highest BCUT2D eigenvalue weighted by Crippen LogP contribution is 2.16. The van der Waals surface area contributed by atoms with Crippen LogP contribution in [0.15, 0.2) is 40.9 Å². The summed E-state index contributed by atoms with van der Waals surface area (Å²) in [7, 11) is 2.17. The lowest BCUT2D eigenvalue weighted by Gasteiger charge is -2.23. The molecule has 0 bridgehead atoms. The number of allylic oxidation sites excluding steroid dienone is 4. The largest absolute Gasteiger partial charge is 0.303 e. The van der Waals surface area contributed by atoms with Gasteiger partial charge in [-0.25, -0.2) is 0 Å². The molecule has 2 nitrogen and oxygen atoms in total. The van der Waals surface area contributed by atoms with Gasteiger partial charge in [-0.15, -0.1) is 11.8 Å². The minimum Gasteiger partial charge on any atom is -0.303 e. The van der Waals surface area contributed by atoms with E-state index in [4.69, 9.17) is 0 Å². The van der Waals surface area contributed by atoms with Crippen molar-refractivity contribution in [3.05, 3.63) is 36.0 Å². The predicted molar refractivity (Wildman–Crippen MR) is 73.2 cm³/mol. The van der Waals surface area contributed by atoms with Crippen LogP contribution in [0.25, 0.3) is 0 Å². The third-order valence-electron chi connectivity index (χ3n) is 2.80. The van der Waals surface area contributed by atoms with Crippen molar-refractivity contribution in [2.75, 3.05) is 25.9 Å². The normalized spacial score (nSPS) is 27.1. The zero-order valence-electron chi connectivity index (χ0n) is 9.67. The summed E-state index contributed by atoms with van der Waals surface area (Å²) < 4.78 is 0. The fraction of sp³-hybridized carbons (Fsp3) is 0.462. The molecule has 0 radical (unpaired) electrons. The molecule has 3 heteroatoms. The SMILES string of the molecule is CN1CCSC=N[C@@H](C2=CCC=CC=C2)C1. The fourth-order valence-electron chi connectivity index (χ4n) is 1.85. The van der Waals surface area contributed by atoms with Gasteiger partial charge in [0.2, 0.25) is 0 Å². The smallest absolute Gasteiger partial charge is 0.0878 e. The predicted octanol–water partition coefficient (Wildman–Crippen LogP) is 2.50. The van der Waals surface area contributed by atoms with Gasteiger partial charge in [0.25, 0.3) is 0 Å². The minimum atomic E-state index is 0.300. The van der Waals surface area contributed by atoms with E-state index in [9.17, 15) is 0 Å². The molecule has 0 aromatic carbocycles. The molecule has 0 saturated carbocycles. The Hall–Kier alpha value is -0.800. The molecule has 16 heavy (non-hydrogen) atoms. The zero-order chi connectivity index (χ0) is 11.2. The second kappa shape index (κ2) is 6.06. The van der Waals surface area contributed by atoms with Crippen LogP contribution in [0.2, 0.25) is 0 Å². The molecule has 0 fully saturated rings. The molecule has 1 aliphatic heterocycles. The Morgan fingerprint density at radius 3 is 3.31 bits per heavy atom. The summed E-state index contributed by atoms with van der Waals surface area (Å²) in [6.45, 7) is 2.16. The van der Waals surface area contributed by atoms with Gasteiger partial charge in [-0.05, 0) is 19.0 Å². The number of aliphatic imine (C=N–C) groups is 1. The van der Waals surface area contributed by atoms with Crippen LogP contribution in [0, 0.1) is 0 Å². The van der Waals surface area contributed by atoms with Gasteiger partial charge in [-0.2, -0.15) is 0 Å². The van der Waals surface area contributed by atoms with Gasteiger partial charge in [0.15, 0.2) is 0 Å². The summed E-state index contributed by atoms with van der Waals surface area (Å²) in [6, 6.07) is 0.300. The molecule has 0 aromatic rings. The number of rotatable bonds is 1. The molecule has 0 saturated heterocycles. The first-order valence-electron chi connectivity index (χ1n) is 5.71. The molecular weight excluding hydrogens is 216 g/mol. The highest BCUT2D eigenvalue weighted by molar-refractivity contribution is 8.12. The van der Waals surface area contributed by atoms with Gasteiger partial charge in [-0.1, -0.05) is 30.4 Å². The Kier molecular flexibility index (Phi) is 4.43. The fourth-order valence-corrected chi connectivity index (χ4v) is 2.60. The van der Waals surface area contributed by atoms with E-state index in [1.54, 1.807) is 11.8 Å². The maximum Gasteiger partial charge on any atom is 0.0878 e. The number of nitrogens with zero attached hydrogens (tertiary/aromatic N) is 2. The van der Waals surface area contributed by atoms with Crippen LogP contribution in [0.1, 0.15) is 6.42 Å². The minimum absolute atomic E-state index is 0.300. The number of likely N-dealkylation sites (N-methyl/N-ethyl adjacent to an activating group) is 1. The average Bonchev–Trinajstić information content (AvgIpc) is 2.51. The standard InChI is InChI=1S/C13H18N2S/c1-15-8-9-16-11-14-13(10-15)12-6-4-2-3-5-7-12/h2-4,6-7,11,13H,5,8-10H2,1H3/t13-/m1/s1. The van der Waals surface area contributed by atoms with E-state index in [-0.39, 0.29) is 0 Å². The van der Waals surface area contributed by atoms with E-state index in [0.29, 0.717) is 6.04 Å². The van der Waals surface area contributed by atoms with Crippen molar-refractivity contribution in [3.63, 3.8) is 0 Å². The highest BCUT2D eigenvalue weighted by Gasteiger charge is 2.14. The topological polar surface area (TPSA) is 15.6 Å². The third kappa shape index (κ3) is 3.35. The van der Waals surface area contributed by atoms with Gasteiger partial charge in [0.1, 0.15) is 0 Å². The first-order chi connectivity index (χ1) is 7.86. The maximum absolute atomic E-state index is 4.65. The summed E-state index contributed by atoms with van der Waals surface area (Å²) in [5, 5.41) is 0. The molecule has 0 unspecified atom stereocenters. The summed E-state index contributed by atoms with van der Waals surface area (Å²) >= 11 is 1.81. The molecule has 2 aliphatic rings. The van der Waals surface area contributed by atoms with E-state index < -0.39 is 0 Å². The van der Waals surface area contributed by atoms with Crippen LogP contribution in [0.3, 0.4) is 0 Å². The monoisotopic (exact) mass is 234 g/mol. The lowest BCUT2D eigenvalue weighted by atomic mass is 10.1. The summed E-state index contributed by atoms with van der Waals surface area (Å²) in [6.07, 6.45) is 11.9. The second-order valence-electron chi connectivity index (χ2n) is 4.13. The Morgan fingerprint density at radius 2 is 2.38 bits per heavy atom. The van der Waals surface area contributed by atoms with E-state index in [2.05, 4.69) is 47.3 Å². The second-order valence-corrected chi connectivity index (χ2v) is 5.08. The highest BCUT2D eigenvalue weighted by atomic mass is 32.2. The molecule has 1 heterocycles. The summed E-state index contributed by atoms with van der Waals surface area (Å²) in [4.78, 5) is 7.01. The van der Waals surface area contributed by atoms with Gasteiger partial charge in [0, 0.05) is 18.8 Å². The number of thioether (sulfide) groups is 1. The summed E-state index contributed by atoms with van der Waals surface area (Å²) in [5.41, 5.74) is 3.36. The molecule has 0 aromatic heterocycles. The molecule has 0 amide bonds. The molecule has 0 N–H and O–H groups in total. The average molecular weight is 234 g/mol. The first kappa shape index (κ1) is 11.7. The third-order valence-corrected chi connectivity index (χ3v) is 3.49. The Morgan fingerprint density at radius 1 is 1.44 bits per heavy atom. The zero-order valence-corrected chi connectivity index (χ0v) is 10.5. The molecule has 86 valence electrons. The van der Waals surface area contributed by atoms with Gasteiger partial charge in [-0.3, -0.25) is 4.99 Å². The first-order valence-corrected chi connectivity index (χ1v) is 6.76. The van der Waals surface area contributed by atoms with E-state index >= 15 is 0 Å². The molecular formula is C13H18N2S. The van der Waals surface area contributed by atoms with E-state index in [0.717, 1.165) is 25.3 Å². The van der Waals surface area contributed by atoms with Crippen molar-refractivity contribution >= 4 is 17.3 Å².